The van der Waals surface area contributed by atoms with Gasteiger partial charge in [0, 0.05) is 31.6 Å². The van der Waals surface area contributed by atoms with Crippen molar-refractivity contribution >= 4 is 33.5 Å². The average Bonchev–Trinajstić information content (AvgIpc) is 3.48. The second kappa shape index (κ2) is 7.67. The highest BCUT2D eigenvalue weighted by Gasteiger charge is 2.44. The molecule has 8 nitrogen and oxygen atoms in total. The van der Waals surface area contributed by atoms with E-state index in [1.165, 1.54) is 0 Å². The first kappa shape index (κ1) is 20.4. The van der Waals surface area contributed by atoms with E-state index in [0.717, 1.165) is 84.0 Å². The number of benzene rings is 2. The van der Waals surface area contributed by atoms with Crippen molar-refractivity contribution in [2.45, 2.75) is 25.7 Å². The van der Waals surface area contributed by atoms with Crippen LogP contribution in [0, 0.1) is 0 Å². The molecule has 1 saturated heterocycles. The van der Waals surface area contributed by atoms with Gasteiger partial charge in [-0.1, -0.05) is 18.2 Å². The minimum absolute atomic E-state index is 0.158. The number of anilines is 1. The lowest BCUT2D eigenvalue weighted by molar-refractivity contribution is -0.122. The van der Waals surface area contributed by atoms with Gasteiger partial charge in [0.1, 0.15) is 5.69 Å². The second-order valence-electron chi connectivity index (χ2n) is 9.48. The largest absolute Gasteiger partial charge is 0.379 e. The summed E-state index contributed by atoms with van der Waals surface area (Å²) in [5.74, 6) is 0.889. The molecule has 0 unspecified atom stereocenters. The zero-order valence-electron chi connectivity index (χ0n) is 19.0. The molecule has 0 aliphatic carbocycles. The molecule has 2 aromatic carbocycles. The van der Waals surface area contributed by atoms with Gasteiger partial charge < -0.3 is 14.6 Å². The van der Waals surface area contributed by atoms with Crippen LogP contribution in [0.15, 0.2) is 36.4 Å². The Hall–Kier alpha value is -3.23. The number of hydrogen-bond donors (Lipinski definition) is 2. The van der Waals surface area contributed by atoms with Crippen molar-refractivity contribution in [3.8, 4) is 11.5 Å². The summed E-state index contributed by atoms with van der Waals surface area (Å²) in [5, 5.41) is 8.59. The van der Waals surface area contributed by atoms with Crippen LogP contribution in [0.3, 0.4) is 0 Å². The number of hydrogen-bond acceptors (Lipinski definition) is 5. The lowest BCUT2D eigenvalue weighted by atomic mass is 9.86. The van der Waals surface area contributed by atoms with E-state index >= 15 is 0 Å². The third kappa shape index (κ3) is 3.32. The normalized spacial score (nSPS) is 18.5. The van der Waals surface area contributed by atoms with E-state index in [1.807, 2.05) is 43.0 Å². The highest BCUT2D eigenvalue weighted by atomic mass is 16.5. The monoisotopic (exact) mass is 444 g/mol. The van der Waals surface area contributed by atoms with E-state index in [-0.39, 0.29) is 5.91 Å². The Morgan fingerprint density at radius 3 is 2.76 bits per heavy atom. The van der Waals surface area contributed by atoms with Crippen LogP contribution < -0.4 is 4.90 Å². The molecule has 4 aromatic rings. The lowest BCUT2D eigenvalue weighted by Crippen LogP contribution is -2.40. The number of ether oxygens (including phenoxy) is 1. The van der Waals surface area contributed by atoms with Crippen LogP contribution in [0.25, 0.3) is 33.5 Å². The predicted molar refractivity (Wildman–Crippen MR) is 128 cm³/mol. The molecular weight excluding hydrogens is 416 g/mol. The highest BCUT2D eigenvalue weighted by Crippen LogP contribution is 2.43. The number of carbonyl (C=O) groups excluding carboxylic acids is 1. The highest BCUT2D eigenvalue weighted by molar-refractivity contribution is 6.09. The Labute approximate surface area is 191 Å². The summed E-state index contributed by atoms with van der Waals surface area (Å²) in [5.41, 5.74) is 5.02. The number of rotatable bonds is 5. The minimum Gasteiger partial charge on any atom is -0.379 e. The Bertz CT molecular complexity index is 1350. The lowest BCUT2D eigenvalue weighted by Gasteiger charge is -2.27. The van der Waals surface area contributed by atoms with Crippen molar-refractivity contribution in [3.63, 3.8) is 0 Å². The summed E-state index contributed by atoms with van der Waals surface area (Å²) in [7, 11) is 0. The number of para-hydroxylation sites is 1. The molecule has 2 aliphatic rings. The number of morpholine rings is 1. The number of imidazole rings is 1. The molecule has 4 heterocycles. The van der Waals surface area contributed by atoms with Crippen molar-refractivity contribution in [1.82, 2.24) is 25.1 Å². The average molecular weight is 445 g/mol. The van der Waals surface area contributed by atoms with Crippen molar-refractivity contribution in [2.24, 2.45) is 0 Å². The molecule has 2 aliphatic heterocycles. The number of fused-ring (bicyclic) bond motifs is 3. The molecule has 8 heteroatoms. The standard InChI is InChI=1S/C25H28N6O2/c1-25(2)17-14-19-20(27-23(26-19)22-16-6-3-4-7-18(16)28-29-22)15-21(17)31(24(25)32)9-5-8-30-10-12-33-13-11-30/h3-4,6-7,14-15H,5,8-13H2,1-2H3,(H,26,27)(H,28,29). The number of nitrogens with zero attached hydrogens (tertiary/aromatic N) is 4. The van der Waals surface area contributed by atoms with Gasteiger partial charge in [0.2, 0.25) is 5.91 Å². The molecule has 0 spiro atoms. The predicted octanol–water partition coefficient (Wildman–Crippen LogP) is 3.45. The molecule has 33 heavy (non-hydrogen) atoms. The maximum Gasteiger partial charge on any atom is 0.237 e. The van der Waals surface area contributed by atoms with Crippen molar-refractivity contribution in [2.75, 3.05) is 44.3 Å². The number of aromatic nitrogens is 4. The Balaban J connectivity index is 1.32. The van der Waals surface area contributed by atoms with Gasteiger partial charge in [-0.15, -0.1) is 0 Å². The van der Waals surface area contributed by atoms with Gasteiger partial charge in [-0.05, 0) is 44.0 Å². The molecule has 1 fully saturated rings. The van der Waals surface area contributed by atoms with Crippen LogP contribution in [0.5, 0.6) is 0 Å². The molecule has 170 valence electrons. The van der Waals surface area contributed by atoms with E-state index in [9.17, 15) is 4.79 Å². The fourth-order valence-electron chi connectivity index (χ4n) is 5.09. The van der Waals surface area contributed by atoms with Crippen LogP contribution in [-0.2, 0) is 14.9 Å². The molecule has 1 amide bonds. The first-order valence-corrected chi connectivity index (χ1v) is 11.6. The topological polar surface area (TPSA) is 90.1 Å². The Morgan fingerprint density at radius 2 is 1.91 bits per heavy atom. The van der Waals surface area contributed by atoms with Gasteiger partial charge in [0.05, 0.1) is 40.9 Å². The van der Waals surface area contributed by atoms with Crippen molar-refractivity contribution < 1.29 is 9.53 Å². The third-order valence-electron chi connectivity index (χ3n) is 7.00. The van der Waals surface area contributed by atoms with Crippen LogP contribution in [0.2, 0.25) is 0 Å². The van der Waals surface area contributed by atoms with E-state index in [2.05, 4.69) is 32.2 Å². The number of amides is 1. The number of carbonyl (C=O) groups is 1. The molecule has 2 N–H and O–H groups in total. The zero-order valence-corrected chi connectivity index (χ0v) is 19.0. The molecule has 0 saturated carbocycles. The molecule has 0 radical (unpaired) electrons. The van der Waals surface area contributed by atoms with Gasteiger partial charge in [0.15, 0.2) is 5.82 Å². The summed E-state index contributed by atoms with van der Waals surface area (Å²) < 4.78 is 5.44. The van der Waals surface area contributed by atoms with E-state index < -0.39 is 5.41 Å². The van der Waals surface area contributed by atoms with Gasteiger partial charge in [-0.3, -0.25) is 14.8 Å². The summed E-state index contributed by atoms with van der Waals surface area (Å²) >= 11 is 0. The number of nitrogens with one attached hydrogen (secondary N) is 2. The zero-order chi connectivity index (χ0) is 22.6. The number of H-pyrrole nitrogens is 2. The van der Waals surface area contributed by atoms with Gasteiger partial charge in [0.25, 0.3) is 0 Å². The third-order valence-corrected chi connectivity index (χ3v) is 7.00. The van der Waals surface area contributed by atoms with Crippen LogP contribution in [0.4, 0.5) is 5.69 Å². The van der Waals surface area contributed by atoms with Gasteiger partial charge >= 0.3 is 0 Å². The Kier molecular flexibility index (Phi) is 4.74. The quantitative estimate of drug-likeness (QED) is 0.492. The van der Waals surface area contributed by atoms with E-state index in [0.29, 0.717) is 6.54 Å². The van der Waals surface area contributed by atoms with Crippen LogP contribution >= 0.6 is 0 Å². The molecule has 6 rings (SSSR count). The molecule has 2 aromatic heterocycles. The Morgan fingerprint density at radius 1 is 1.09 bits per heavy atom. The van der Waals surface area contributed by atoms with Gasteiger partial charge in [-0.25, -0.2) is 4.98 Å². The summed E-state index contributed by atoms with van der Waals surface area (Å²) in [6, 6.07) is 12.2. The molecule has 0 bridgehead atoms. The van der Waals surface area contributed by atoms with Crippen LogP contribution in [0.1, 0.15) is 25.8 Å². The van der Waals surface area contributed by atoms with Crippen molar-refractivity contribution in [1.29, 1.82) is 0 Å². The van der Waals surface area contributed by atoms with Crippen LogP contribution in [-0.4, -0.2) is 70.4 Å². The fourth-order valence-corrected chi connectivity index (χ4v) is 5.09. The first-order valence-electron chi connectivity index (χ1n) is 11.6. The molecule has 0 atom stereocenters. The van der Waals surface area contributed by atoms with E-state index in [1.54, 1.807) is 0 Å². The minimum atomic E-state index is -0.563. The second-order valence-corrected chi connectivity index (χ2v) is 9.48. The maximum atomic E-state index is 13.3. The summed E-state index contributed by atoms with van der Waals surface area (Å²) in [4.78, 5) is 26.0. The molecular formula is C25H28N6O2. The smallest absolute Gasteiger partial charge is 0.237 e. The van der Waals surface area contributed by atoms with Gasteiger partial charge in [-0.2, -0.15) is 5.10 Å². The number of aromatic amines is 2. The first-order chi connectivity index (χ1) is 16.0. The summed E-state index contributed by atoms with van der Waals surface area (Å²) in [6.45, 7) is 9.24. The fraction of sp³-hybridized carbons (Fsp3) is 0.400. The maximum absolute atomic E-state index is 13.3. The van der Waals surface area contributed by atoms with E-state index in [4.69, 9.17) is 9.72 Å². The SMILES string of the molecule is CC1(C)C(=O)N(CCCN2CCOCC2)c2cc3nc(-c4n[nH]c5ccccc45)[nH]c3cc21. The summed E-state index contributed by atoms with van der Waals surface area (Å²) in [6.07, 6.45) is 0.935. The van der Waals surface area contributed by atoms with Crippen molar-refractivity contribution in [3.05, 3.63) is 42.0 Å².